The summed E-state index contributed by atoms with van der Waals surface area (Å²) in [6, 6.07) is 5.68. The van der Waals surface area contributed by atoms with Crippen LogP contribution >= 0.6 is 11.8 Å². The Morgan fingerprint density at radius 2 is 2.14 bits per heavy atom. The van der Waals surface area contributed by atoms with Crippen molar-refractivity contribution < 1.29 is 9.47 Å². The highest BCUT2D eigenvalue weighted by Crippen LogP contribution is 2.32. The minimum absolute atomic E-state index is 0.144. The third kappa shape index (κ3) is 4.30. The number of ether oxygens (including phenoxy) is 2. The minimum Gasteiger partial charge on any atom is -0.454 e. The van der Waals surface area contributed by atoms with E-state index in [2.05, 4.69) is 25.3 Å². The molecule has 9 heteroatoms. The fourth-order valence-electron chi connectivity index (χ4n) is 2.85. The van der Waals surface area contributed by atoms with E-state index in [1.54, 1.807) is 24.3 Å². The summed E-state index contributed by atoms with van der Waals surface area (Å²) in [5.41, 5.74) is 3.61. The van der Waals surface area contributed by atoms with Gasteiger partial charge in [-0.3, -0.25) is 9.78 Å². The van der Waals surface area contributed by atoms with Crippen molar-refractivity contribution in [2.24, 2.45) is 0 Å². The van der Waals surface area contributed by atoms with Gasteiger partial charge in [-0.15, -0.1) is 0 Å². The second kappa shape index (κ2) is 8.39. The maximum atomic E-state index is 12.4. The van der Waals surface area contributed by atoms with E-state index >= 15 is 0 Å². The van der Waals surface area contributed by atoms with Crippen LogP contribution in [-0.4, -0.2) is 39.0 Å². The van der Waals surface area contributed by atoms with Gasteiger partial charge >= 0.3 is 0 Å². The number of aryl methyl sites for hydroxylation is 1. The highest BCUT2D eigenvalue weighted by Gasteiger charge is 2.14. The molecule has 146 valence electrons. The number of aromatic nitrogens is 4. The molecular formula is C19H21N5O3S. The lowest BCUT2D eigenvalue weighted by Crippen LogP contribution is -2.18. The second-order valence-corrected chi connectivity index (χ2v) is 7.51. The molecule has 0 bridgehead atoms. The Bertz CT molecular complexity index is 1020. The number of imidazole rings is 1. The molecule has 3 aromatic rings. The summed E-state index contributed by atoms with van der Waals surface area (Å²) in [7, 11) is 0. The molecule has 0 fully saturated rings. The Balaban J connectivity index is 1.28. The van der Waals surface area contributed by atoms with Gasteiger partial charge in [0.2, 0.25) is 12.7 Å². The van der Waals surface area contributed by atoms with Crippen molar-refractivity contribution in [2.75, 3.05) is 24.4 Å². The molecule has 2 aromatic heterocycles. The SMILES string of the molecule is Cc1[nH]cnc1CSCCNc1ncc(Cc2ccc3c(c2)OCO3)c(=O)[nH]1. The van der Waals surface area contributed by atoms with Crippen molar-refractivity contribution >= 4 is 17.7 Å². The largest absolute Gasteiger partial charge is 0.454 e. The Morgan fingerprint density at radius 1 is 1.25 bits per heavy atom. The van der Waals surface area contributed by atoms with Gasteiger partial charge in [0.05, 0.1) is 12.0 Å². The van der Waals surface area contributed by atoms with Gasteiger partial charge in [-0.25, -0.2) is 9.97 Å². The van der Waals surface area contributed by atoms with Crippen molar-refractivity contribution in [3.8, 4) is 11.5 Å². The van der Waals surface area contributed by atoms with Crippen LogP contribution in [0.3, 0.4) is 0 Å². The number of hydrogen-bond acceptors (Lipinski definition) is 7. The number of nitrogens with zero attached hydrogens (tertiary/aromatic N) is 2. The lowest BCUT2D eigenvalue weighted by atomic mass is 10.1. The zero-order chi connectivity index (χ0) is 19.3. The Morgan fingerprint density at radius 3 is 2.96 bits per heavy atom. The third-order valence-corrected chi connectivity index (χ3v) is 5.39. The molecule has 0 amide bonds. The summed E-state index contributed by atoms with van der Waals surface area (Å²) in [5.74, 6) is 3.67. The molecule has 0 aliphatic carbocycles. The number of benzene rings is 1. The van der Waals surface area contributed by atoms with Crippen LogP contribution in [0.15, 0.2) is 35.5 Å². The van der Waals surface area contributed by atoms with Crippen molar-refractivity contribution in [3.05, 3.63) is 63.6 Å². The predicted molar refractivity (Wildman–Crippen MR) is 108 cm³/mol. The topological polar surface area (TPSA) is 105 Å². The summed E-state index contributed by atoms with van der Waals surface area (Å²) >= 11 is 1.78. The zero-order valence-corrected chi connectivity index (χ0v) is 16.3. The molecule has 1 aliphatic rings. The molecule has 8 nitrogen and oxygen atoms in total. The standard InChI is InChI=1S/C19H21N5O3S/c1-12-15(23-10-22-12)9-28-5-4-20-19-21-8-14(18(25)24-19)6-13-2-3-16-17(7-13)27-11-26-16/h2-3,7-8,10H,4-6,9,11H2,1H3,(H,22,23)(H2,20,21,24,25). The van der Waals surface area contributed by atoms with E-state index in [1.807, 2.05) is 25.1 Å². The molecule has 0 atom stereocenters. The Kier molecular flexibility index (Phi) is 5.52. The fourth-order valence-corrected chi connectivity index (χ4v) is 3.73. The van der Waals surface area contributed by atoms with Crippen LogP contribution < -0.4 is 20.3 Å². The number of nitrogens with one attached hydrogen (secondary N) is 3. The van der Waals surface area contributed by atoms with Crippen LogP contribution in [0, 0.1) is 6.92 Å². The van der Waals surface area contributed by atoms with Crippen LogP contribution in [0.2, 0.25) is 0 Å². The smallest absolute Gasteiger partial charge is 0.255 e. The van der Waals surface area contributed by atoms with Crippen LogP contribution in [0.25, 0.3) is 0 Å². The summed E-state index contributed by atoms with van der Waals surface area (Å²) in [5, 5.41) is 3.15. The van der Waals surface area contributed by atoms with E-state index in [0.717, 1.165) is 34.2 Å². The highest BCUT2D eigenvalue weighted by atomic mass is 32.2. The average Bonchev–Trinajstić information content (AvgIpc) is 3.32. The maximum absolute atomic E-state index is 12.4. The van der Waals surface area contributed by atoms with Crippen LogP contribution in [-0.2, 0) is 12.2 Å². The lowest BCUT2D eigenvalue weighted by Gasteiger charge is -2.07. The monoisotopic (exact) mass is 399 g/mol. The second-order valence-electron chi connectivity index (χ2n) is 6.40. The van der Waals surface area contributed by atoms with E-state index < -0.39 is 0 Å². The van der Waals surface area contributed by atoms with Crippen molar-refractivity contribution in [3.63, 3.8) is 0 Å². The number of thioether (sulfide) groups is 1. The number of anilines is 1. The normalized spacial score (nSPS) is 12.3. The lowest BCUT2D eigenvalue weighted by molar-refractivity contribution is 0.174. The quantitative estimate of drug-likeness (QED) is 0.500. The predicted octanol–water partition coefficient (Wildman–Crippen LogP) is 2.47. The number of fused-ring (bicyclic) bond motifs is 1. The average molecular weight is 399 g/mol. The molecule has 0 saturated carbocycles. The summed E-state index contributed by atoms with van der Waals surface area (Å²) in [6.45, 7) is 2.96. The summed E-state index contributed by atoms with van der Waals surface area (Å²) < 4.78 is 10.7. The van der Waals surface area contributed by atoms with Gasteiger partial charge in [0, 0.05) is 41.9 Å². The zero-order valence-electron chi connectivity index (χ0n) is 15.4. The van der Waals surface area contributed by atoms with Gasteiger partial charge in [0.1, 0.15) is 0 Å². The molecule has 28 heavy (non-hydrogen) atoms. The molecule has 1 aromatic carbocycles. The van der Waals surface area contributed by atoms with E-state index in [4.69, 9.17) is 9.47 Å². The summed E-state index contributed by atoms with van der Waals surface area (Å²) in [4.78, 5) is 26.8. The Labute approximate surface area is 166 Å². The van der Waals surface area contributed by atoms with E-state index in [1.165, 1.54) is 0 Å². The first-order valence-electron chi connectivity index (χ1n) is 8.96. The van der Waals surface area contributed by atoms with E-state index in [0.29, 0.717) is 30.2 Å². The van der Waals surface area contributed by atoms with Crippen LogP contribution in [0.4, 0.5) is 5.95 Å². The maximum Gasteiger partial charge on any atom is 0.255 e. The van der Waals surface area contributed by atoms with Gasteiger partial charge in [-0.1, -0.05) is 6.07 Å². The fraction of sp³-hybridized carbons (Fsp3) is 0.316. The molecular weight excluding hydrogens is 378 g/mol. The highest BCUT2D eigenvalue weighted by molar-refractivity contribution is 7.98. The molecule has 3 heterocycles. The van der Waals surface area contributed by atoms with Gasteiger partial charge in [-0.2, -0.15) is 11.8 Å². The third-order valence-electron chi connectivity index (χ3n) is 4.42. The molecule has 0 radical (unpaired) electrons. The van der Waals surface area contributed by atoms with E-state index in [9.17, 15) is 4.79 Å². The van der Waals surface area contributed by atoms with Gasteiger partial charge < -0.3 is 19.8 Å². The van der Waals surface area contributed by atoms with Gasteiger partial charge in [0.15, 0.2) is 11.5 Å². The van der Waals surface area contributed by atoms with Crippen LogP contribution in [0.5, 0.6) is 11.5 Å². The molecule has 4 rings (SSSR count). The van der Waals surface area contributed by atoms with Gasteiger partial charge in [0.25, 0.3) is 5.56 Å². The number of rotatable bonds is 8. The van der Waals surface area contributed by atoms with Crippen molar-refractivity contribution in [1.29, 1.82) is 0 Å². The number of hydrogen-bond donors (Lipinski definition) is 3. The van der Waals surface area contributed by atoms with Crippen molar-refractivity contribution in [1.82, 2.24) is 19.9 Å². The van der Waals surface area contributed by atoms with E-state index in [-0.39, 0.29) is 12.4 Å². The molecule has 0 unspecified atom stereocenters. The first kappa shape index (κ1) is 18.4. The number of aromatic amines is 2. The minimum atomic E-state index is -0.144. The van der Waals surface area contributed by atoms with Crippen LogP contribution in [0.1, 0.15) is 22.5 Å². The molecule has 1 aliphatic heterocycles. The van der Waals surface area contributed by atoms with Crippen molar-refractivity contribution in [2.45, 2.75) is 19.1 Å². The summed E-state index contributed by atoms with van der Waals surface area (Å²) in [6.07, 6.45) is 3.81. The first-order chi connectivity index (χ1) is 13.7. The number of H-pyrrole nitrogens is 2. The molecule has 0 saturated heterocycles. The Hall–Kier alpha value is -2.94. The molecule has 3 N–H and O–H groups in total. The molecule has 0 spiro atoms. The first-order valence-corrected chi connectivity index (χ1v) is 10.1. The van der Waals surface area contributed by atoms with Gasteiger partial charge in [-0.05, 0) is 24.6 Å².